The minimum atomic E-state index is -2.00. The molecular weight excluding hydrogens is 820 g/mol. The van der Waals surface area contributed by atoms with E-state index in [1.807, 2.05) is 0 Å². The van der Waals surface area contributed by atoms with Crippen molar-refractivity contribution in [1.82, 2.24) is 10.6 Å². The maximum absolute atomic E-state index is 12.6. The molecule has 7 rings (SSSR count). The summed E-state index contributed by atoms with van der Waals surface area (Å²) >= 11 is 0. The maximum Gasteiger partial charge on any atom is 0.217 e. The number of fused-ring (bicyclic) bond motifs is 3. The van der Waals surface area contributed by atoms with Crippen LogP contribution in [0.15, 0.2) is 0 Å². The number of ether oxygens (including phenoxy) is 10. The van der Waals surface area contributed by atoms with Crippen molar-refractivity contribution in [2.24, 2.45) is 0 Å². The number of aliphatic hydroxyl groups is 12. The van der Waals surface area contributed by atoms with Crippen LogP contribution in [0.25, 0.3) is 0 Å². The van der Waals surface area contributed by atoms with Gasteiger partial charge in [0.25, 0.3) is 0 Å². The first-order valence-electron chi connectivity index (χ1n) is 19.4. The average molecular weight is 877 g/mol. The Labute approximate surface area is 341 Å². The highest BCUT2D eigenvalue weighted by atomic mass is 16.8. The number of nitrogens with one attached hydrogen (secondary N) is 2. The van der Waals surface area contributed by atoms with Gasteiger partial charge in [-0.05, 0) is 6.92 Å². The molecule has 0 aliphatic carbocycles. The zero-order valence-corrected chi connectivity index (χ0v) is 32.5. The molecule has 0 saturated carbocycles. The molecule has 14 N–H and O–H groups in total. The first kappa shape index (κ1) is 47.5. The van der Waals surface area contributed by atoms with E-state index in [0.29, 0.717) is 0 Å². The normalized spacial score (nSPS) is 51.3. The van der Waals surface area contributed by atoms with Crippen LogP contribution in [0.1, 0.15) is 20.8 Å². The molecule has 7 saturated heterocycles. The first-order valence-corrected chi connectivity index (χ1v) is 19.4. The minimum absolute atomic E-state index is 0.700. The lowest BCUT2D eigenvalue weighted by molar-refractivity contribution is -0.395. The summed E-state index contributed by atoms with van der Waals surface area (Å²) in [6.45, 7) is 0.144. The second-order valence-electron chi connectivity index (χ2n) is 15.5. The largest absolute Gasteiger partial charge is 0.394 e. The van der Waals surface area contributed by atoms with Crippen LogP contribution >= 0.6 is 0 Å². The van der Waals surface area contributed by atoms with Crippen LogP contribution in [-0.2, 0) is 57.0 Å². The molecule has 26 heteroatoms. The molecule has 0 spiro atoms. The second-order valence-corrected chi connectivity index (χ2v) is 15.5. The van der Waals surface area contributed by atoms with E-state index in [9.17, 15) is 70.9 Å². The monoisotopic (exact) mass is 876 g/mol. The fraction of sp³-hybridized carbons (Fsp3) is 0.941. The zero-order valence-electron chi connectivity index (χ0n) is 32.5. The van der Waals surface area contributed by atoms with Gasteiger partial charge in [-0.15, -0.1) is 0 Å². The van der Waals surface area contributed by atoms with Gasteiger partial charge in [-0.25, -0.2) is 0 Å². The lowest BCUT2D eigenvalue weighted by Crippen LogP contribution is -2.71. The smallest absolute Gasteiger partial charge is 0.217 e. The molecule has 25 atom stereocenters. The van der Waals surface area contributed by atoms with E-state index in [0.717, 1.165) is 13.8 Å². The third-order valence-corrected chi connectivity index (χ3v) is 11.3. The molecule has 0 aromatic rings. The van der Waals surface area contributed by atoms with E-state index in [2.05, 4.69) is 10.6 Å². The molecule has 7 aliphatic rings. The number of aliphatic hydroxyl groups excluding tert-OH is 12. The van der Waals surface area contributed by atoms with Gasteiger partial charge in [0.2, 0.25) is 11.8 Å². The summed E-state index contributed by atoms with van der Waals surface area (Å²) < 4.78 is 59.0. The van der Waals surface area contributed by atoms with Crippen LogP contribution in [0.2, 0.25) is 0 Å². The highest BCUT2D eigenvalue weighted by molar-refractivity contribution is 5.73. The molecule has 26 nitrogen and oxygen atoms in total. The van der Waals surface area contributed by atoms with Crippen molar-refractivity contribution in [3.05, 3.63) is 0 Å². The van der Waals surface area contributed by atoms with Gasteiger partial charge in [0, 0.05) is 13.8 Å². The molecule has 0 aromatic carbocycles. The average Bonchev–Trinajstić information content (AvgIpc) is 3.20. The number of carbonyl (C=O) groups excluding carboxylic acids is 2. The number of hydrogen-bond acceptors (Lipinski definition) is 24. The van der Waals surface area contributed by atoms with Gasteiger partial charge >= 0.3 is 0 Å². The predicted molar refractivity (Wildman–Crippen MR) is 185 cm³/mol. The molecule has 0 unspecified atom stereocenters. The van der Waals surface area contributed by atoms with Crippen molar-refractivity contribution in [3.63, 3.8) is 0 Å². The van der Waals surface area contributed by atoms with Crippen LogP contribution in [0, 0.1) is 0 Å². The Morgan fingerprint density at radius 1 is 0.517 bits per heavy atom. The van der Waals surface area contributed by atoms with Crippen LogP contribution in [0.4, 0.5) is 0 Å². The van der Waals surface area contributed by atoms with Crippen molar-refractivity contribution in [2.75, 3.05) is 26.4 Å². The van der Waals surface area contributed by atoms with Gasteiger partial charge < -0.3 is 119 Å². The highest BCUT2D eigenvalue weighted by Crippen LogP contribution is 2.37. The molecule has 346 valence electrons. The van der Waals surface area contributed by atoms with E-state index < -0.39 is 192 Å². The SMILES string of the molecule is CC(=O)N[C@H]1[C@H](O[C@@H]2[C@@H](O)[C@H]3OC[C@H]4O[C@@H](O[C@H]5[C@@H](O)[C@@H](CO)O[C@@H](O[C@H]2[C@@H](CO)O3)[C@@H]5NC(C)=O)[C@H](O)[C@@H](O)[C@@H]4O)O[C@H](CO)[C@H](O[C@@H]2O[C@@H](C)[C@H](O)[C@@H](O)[C@H]2O)[C@@H]1O. The second kappa shape index (κ2) is 19.8. The first-order chi connectivity index (χ1) is 28.4. The quantitative estimate of drug-likeness (QED) is 0.102. The summed E-state index contributed by atoms with van der Waals surface area (Å²) in [5, 5.41) is 135. The zero-order chi connectivity index (χ0) is 43.9. The molecular formula is C34H56N2O24. The van der Waals surface area contributed by atoms with Crippen LogP contribution in [0.3, 0.4) is 0 Å². The van der Waals surface area contributed by atoms with E-state index in [4.69, 9.17) is 47.4 Å². The van der Waals surface area contributed by atoms with E-state index >= 15 is 0 Å². The fourth-order valence-corrected chi connectivity index (χ4v) is 8.07. The summed E-state index contributed by atoms with van der Waals surface area (Å²) in [6.07, 6.45) is -39.5. The Kier molecular flexibility index (Phi) is 15.7. The van der Waals surface area contributed by atoms with Crippen LogP contribution in [-0.4, -0.2) is 253 Å². The Hall–Kier alpha value is -1.94. The fourth-order valence-electron chi connectivity index (χ4n) is 8.07. The molecule has 7 heterocycles. The molecule has 2 amide bonds. The summed E-state index contributed by atoms with van der Waals surface area (Å²) in [7, 11) is 0. The van der Waals surface area contributed by atoms with Gasteiger partial charge in [0.1, 0.15) is 116 Å². The van der Waals surface area contributed by atoms with E-state index in [-0.39, 0.29) is 0 Å². The molecule has 0 aromatic heterocycles. The lowest BCUT2D eigenvalue weighted by atomic mass is 9.93. The standard InChI is InChI=1S/C34H56N2O24/c1-8-17(42)21(46)23(48)33(52-8)57-26-12(5-38)54-30(15(20(26)45)35-9(2)40)60-29-25(50)32-51-7-14-18(43)22(47)24(49)34(56-14)59-28-16(36-10(3)41)31(53-11(4-37)19(28)44)58-27(29)13(6-39)55-32/h8,11-34,37-39,42-50H,4-7H2,1-3H3,(H,35,40)(H,36,41)/t8-,11+,12+,13+,14+,15+,16+,17-,18+,19-,20+,21+,22-,23+,24+,25+,26-,27-,28+,29+,30-,31-,32-,33-,34-/m0/s1. The van der Waals surface area contributed by atoms with Crippen molar-refractivity contribution < 1.29 is 118 Å². The third-order valence-electron chi connectivity index (χ3n) is 11.3. The Bertz CT molecular complexity index is 1440. The van der Waals surface area contributed by atoms with Crippen LogP contribution in [0.5, 0.6) is 0 Å². The van der Waals surface area contributed by atoms with E-state index in [1.54, 1.807) is 0 Å². The van der Waals surface area contributed by atoms with Gasteiger partial charge in [0.15, 0.2) is 31.5 Å². The van der Waals surface area contributed by atoms with Crippen molar-refractivity contribution in [3.8, 4) is 0 Å². The van der Waals surface area contributed by atoms with E-state index in [1.165, 1.54) is 6.92 Å². The molecule has 7 aliphatic heterocycles. The molecule has 6 bridgehead atoms. The number of hydrogen-bond donors (Lipinski definition) is 14. The van der Waals surface area contributed by atoms with Crippen molar-refractivity contribution in [1.29, 1.82) is 0 Å². The maximum atomic E-state index is 12.6. The predicted octanol–water partition coefficient (Wildman–Crippen LogP) is -9.56. The number of amides is 2. The molecule has 0 radical (unpaired) electrons. The van der Waals surface area contributed by atoms with Gasteiger partial charge in [0.05, 0.1) is 32.5 Å². The molecule has 7 fully saturated rings. The summed E-state index contributed by atoms with van der Waals surface area (Å²) in [4.78, 5) is 25.1. The van der Waals surface area contributed by atoms with Crippen molar-refractivity contribution in [2.45, 2.75) is 174 Å². The Morgan fingerprint density at radius 3 is 1.73 bits per heavy atom. The topological polar surface area (TPSA) is 393 Å². The minimum Gasteiger partial charge on any atom is -0.394 e. The third kappa shape index (κ3) is 9.60. The molecule has 60 heavy (non-hydrogen) atoms. The lowest BCUT2D eigenvalue weighted by Gasteiger charge is -2.52. The summed E-state index contributed by atoms with van der Waals surface area (Å²) in [6, 6.07) is -3.21. The van der Waals surface area contributed by atoms with Gasteiger partial charge in [-0.3, -0.25) is 9.59 Å². The highest BCUT2D eigenvalue weighted by Gasteiger charge is 2.58. The number of carbonyl (C=O) groups is 2. The van der Waals surface area contributed by atoms with Gasteiger partial charge in [-0.2, -0.15) is 0 Å². The Balaban J connectivity index is 1.37. The van der Waals surface area contributed by atoms with Crippen molar-refractivity contribution >= 4 is 11.8 Å². The van der Waals surface area contributed by atoms with Crippen LogP contribution < -0.4 is 10.6 Å². The Morgan fingerprint density at radius 2 is 1.10 bits per heavy atom. The number of rotatable bonds is 9. The van der Waals surface area contributed by atoms with Gasteiger partial charge in [-0.1, -0.05) is 0 Å². The summed E-state index contributed by atoms with van der Waals surface area (Å²) in [5.74, 6) is -1.49. The summed E-state index contributed by atoms with van der Waals surface area (Å²) in [5.41, 5.74) is 0.